The van der Waals surface area contributed by atoms with E-state index in [0.717, 1.165) is 39.1 Å². The Balaban J connectivity index is 1.36. The lowest BCUT2D eigenvalue weighted by atomic mass is 10.2. The summed E-state index contributed by atoms with van der Waals surface area (Å²) in [7, 11) is -3.42. The Morgan fingerprint density at radius 3 is 2.30 bits per heavy atom. The number of morpholine rings is 1. The molecular weight excluding hydrogens is 364 g/mol. The van der Waals surface area contributed by atoms with Gasteiger partial charge >= 0.3 is 0 Å². The standard InChI is InChI=1S/C19H32N4O3S/c1-17-15-23(16-18(2)26-17)27(24,25)20-9-6-10-21-11-13-22(14-12-21)19-7-4-3-5-8-19/h3-5,7-8,17-18,20H,6,9-16H2,1-2H3/t17-,18-/m1/s1. The Labute approximate surface area is 163 Å². The third-order valence-electron chi connectivity index (χ3n) is 5.16. The van der Waals surface area contributed by atoms with E-state index in [-0.39, 0.29) is 12.2 Å². The van der Waals surface area contributed by atoms with Crippen LogP contribution in [0.3, 0.4) is 0 Å². The van der Waals surface area contributed by atoms with E-state index in [0.29, 0.717) is 19.6 Å². The zero-order valence-electron chi connectivity index (χ0n) is 16.4. The minimum atomic E-state index is -3.42. The topological polar surface area (TPSA) is 65.1 Å². The molecule has 2 saturated heterocycles. The summed E-state index contributed by atoms with van der Waals surface area (Å²) in [6.45, 7) is 10.1. The number of rotatable bonds is 7. The Bertz CT molecular complexity index is 667. The number of nitrogens with one attached hydrogen (secondary N) is 1. The van der Waals surface area contributed by atoms with Crippen LogP contribution in [0.4, 0.5) is 5.69 Å². The molecule has 1 aromatic rings. The lowest BCUT2D eigenvalue weighted by molar-refractivity contribution is -0.0443. The highest BCUT2D eigenvalue weighted by Gasteiger charge is 2.30. The van der Waals surface area contributed by atoms with Crippen molar-refractivity contribution in [2.24, 2.45) is 0 Å². The molecule has 3 rings (SSSR count). The van der Waals surface area contributed by atoms with Crippen molar-refractivity contribution in [2.75, 3.05) is 57.3 Å². The third kappa shape index (κ3) is 5.89. The zero-order valence-corrected chi connectivity index (χ0v) is 17.2. The van der Waals surface area contributed by atoms with Gasteiger partial charge in [-0.25, -0.2) is 4.72 Å². The van der Waals surface area contributed by atoms with E-state index in [1.807, 2.05) is 19.9 Å². The molecule has 2 heterocycles. The molecule has 0 aliphatic carbocycles. The Morgan fingerprint density at radius 1 is 1.04 bits per heavy atom. The first kappa shape index (κ1) is 20.5. The Kier molecular flexibility index (Phi) is 7.10. The smallest absolute Gasteiger partial charge is 0.279 e. The molecule has 7 nitrogen and oxygen atoms in total. The van der Waals surface area contributed by atoms with Gasteiger partial charge in [-0.05, 0) is 38.9 Å². The third-order valence-corrected chi connectivity index (χ3v) is 6.70. The fraction of sp³-hybridized carbons (Fsp3) is 0.684. The number of para-hydroxylation sites is 1. The normalized spacial score (nSPS) is 25.6. The molecular formula is C19H32N4O3S. The molecule has 2 fully saturated rings. The highest BCUT2D eigenvalue weighted by molar-refractivity contribution is 7.87. The van der Waals surface area contributed by atoms with Gasteiger partial charge in [0.1, 0.15) is 0 Å². The summed E-state index contributed by atoms with van der Waals surface area (Å²) in [5, 5.41) is 0. The maximum atomic E-state index is 12.5. The molecule has 0 amide bonds. The molecule has 0 radical (unpaired) electrons. The average Bonchev–Trinajstić information content (AvgIpc) is 2.66. The first-order chi connectivity index (χ1) is 12.9. The largest absolute Gasteiger partial charge is 0.373 e. The molecule has 2 atom stereocenters. The van der Waals surface area contributed by atoms with Gasteiger partial charge in [0.2, 0.25) is 0 Å². The minimum Gasteiger partial charge on any atom is -0.373 e. The lowest BCUT2D eigenvalue weighted by Gasteiger charge is -2.36. The number of hydrogen-bond donors (Lipinski definition) is 1. The molecule has 8 heteroatoms. The summed E-state index contributed by atoms with van der Waals surface area (Å²) < 4.78 is 34.8. The molecule has 2 aliphatic heterocycles. The first-order valence-corrected chi connectivity index (χ1v) is 11.3. The SMILES string of the molecule is C[C@@H]1CN(S(=O)(=O)NCCCN2CCN(c3ccccc3)CC2)C[C@@H](C)O1. The lowest BCUT2D eigenvalue weighted by Crippen LogP contribution is -2.52. The number of anilines is 1. The molecule has 0 saturated carbocycles. The Morgan fingerprint density at radius 2 is 1.67 bits per heavy atom. The van der Waals surface area contributed by atoms with Crippen LogP contribution in [0.1, 0.15) is 20.3 Å². The number of benzene rings is 1. The summed E-state index contributed by atoms with van der Waals surface area (Å²) in [4.78, 5) is 4.81. The highest BCUT2D eigenvalue weighted by Crippen LogP contribution is 2.16. The van der Waals surface area contributed by atoms with Gasteiger partial charge in [0.25, 0.3) is 10.2 Å². The van der Waals surface area contributed by atoms with E-state index in [1.54, 1.807) is 0 Å². The highest BCUT2D eigenvalue weighted by atomic mass is 32.2. The fourth-order valence-corrected chi connectivity index (χ4v) is 5.19. The number of nitrogens with zero attached hydrogens (tertiary/aromatic N) is 3. The summed E-state index contributed by atoms with van der Waals surface area (Å²) in [5.41, 5.74) is 1.28. The zero-order chi connectivity index (χ0) is 19.3. The molecule has 2 aliphatic rings. The van der Waals surface area contributed by atoms with Crippen LogP contribution in [0, 0.1) is 0 Å². The van der Waals surface area contributed by atoms with Crippen molar-refractivity contribution in [1.29, 1.82) is 0 Å². The molecule has 152 valence electrons. The van der Waals surface area contributed by atoms with Crippen LogP contribution < -0.4 is 9.62 Å². The summed E-state index contributed by atoms with van der Waals surface area (Å²) in [6, 6.07) is 10.5. The van der Waals surface area contributed by atoms with Crippen molar-refractivity contribution in [3.8, 4) is 0 Å². The van der Waals surface area contributed by atoms with E-state index in [9.17, 15) is 8.42 Å². The monoisotopic (exact) mass is 396 g/mol. The molecule has 1 aromatic carbocycles. The second kappa shape index (κ2) is 9.34. The van der Waals surface area contributed by atoms with Crippen LogP contribution in [0.5, 0.6) is 0 Å². The van der Waals surface area contributed by atoms with Crippen LogP contribution in [0.15, 0.2) is 30.3 Å². The van der Waals surface area contributed by atoms with Gasteiger partial charge < -0.3 is 9.64 Å². The van der Waals surface area contributed by atoms with Crippen LogP contribution in [0.25, 0.3) is 0 Å². The van der Waals surface area contributed by atoms with Crippen molar-refractivity contribution in [2.45, 2.75) is 32.5 Å². The van der Waals surface area contributed by atoms with Crippen molar-refractivity contribution >= 4 is 15.9 Å². The molecule has 0 bridgehead atoms. The predicted molar refractivity (Wildman–Crippen MR) is 108 cm³/mol. The van der Waals surface area contributed by atoms with Gasteiger partial charge in [-0.15, -0.1) is 0 Å². The molecule has 0 unspecified atom stereocenters. The van der Waals surface area contributed by atoms with Crippen molar-refractivity contribution in [1.82, 2.24) is 13.9 Å². The Hall–Kier alpha value is -1.19. The summed E-state index contributed by atoms with van der Waals surface area (Å²) >= 11 is 0. The van der Waals surface area contributed by atoms with Gasteiger partial charge in [0, 0.05) is 51.5 Å². The van der Waals surface area contributed by atoms with Crippen LogP contribution in [0.2, 0.25) is 0 Å². The van der Waals surface area contributed by atoms with E-state index in [1.165, 1.54) is 9.99 Å². The second-order valence-corrected chi connectivity index (χ2v) is 9.25. The van der Waals surface area contributed by atoms with Crippen LogP contribution in [-0.4, -0.2) is 82.2 Å². The van der Waals surface area contributed by atoms with E-state index < -0.39 is 10.2 Å². The van der Waals surface area contributed by atoms with Gasteiger partial charge in [-0.3, -0.25) is 4.90 Å². The predicted octanol–water partition coefficient (Wildman–Crippen LogP) is 1.14. The quantitative estimate of drug-likeness (QED) is 0.701. The second-order valence-electron chi connectivity index (χ2n) is 7.49. The summed E-state index contributed by atoms with van der Waals surface area (Å²) in [5.74, 6) is 0. The van der Waals surface area contributed by atoms with E-state index in [4.69, 9.17) is 4.74 Å². The molecule has 0 spiro atoms. The van der Waals surface area contributed by atoms with Crippen LogP contribution >= 0.6 is 0 Å². The van der Waals surface area contributed by atoms with E-state index in [2.05, 4.69) is 38.8 Å². The molecule has 27 heavy (non-hydrogen) atoms. The minimum absolute atomic E-state index is 0.0637. The van der Waals surface area contributed by atoms with Crippen LogP contribution in [-0.2, 0) is 14.9 Å². The van der Waals surface area contributed by atoms with Gasteiger partial charge in [-0.2, -0.15) is 12.7 Å². The number of piperazine rings is 1. The van der Waals surface area contributed by atoms with Crippen molar-refractivity contribution < 1.29 is 13.2 Å². The number of hydrogen-bond acceptors (Lipinski definition) is 5. The first-order valence-electron chi connectivity index (χ1n) is 9.86. The van der Waals surface area contributed by atoms with Crippen molar-refractivity contribution in [3.63, 3.8) is 0 Å². The average molecular weight is 397 g/mol. The summed E-state index contributed by atoms with van der Waals surface area (Å²) in [6.07, 6.45) is 0.692. The maximum absolute atomic E-state index is 12.5. The van der Waals surface area contributed by atoms with Gasteiger partial charge in [-0.1, -0.05) is 18.2 Å². The molecule has 0 aromatic heterocycles. The van der Waals surface area contributed by atoms with Crippen molar-refractivity contribution in [3.05, 3.63) is 30.3 Å². The van der Waals surface area contributed by atoms with Gasteiger partial charge in [0.05, 0.1) is 12.2 Å². The number of ether oxygens (including phenoxy) is 1. The van der Waals surface area contributed by atoms with Gasteiger partial charge in [0.15, 0.2) is 0 Å². The fourth-order valence-electron chi connectivity index (χ4n) is 3.79. The molecule has 1 N–H and O–H groups in total. The maximum Gasteiger partial charge on any atom is 0.279 e. The van der Waals surface area contributed by atoms with E-state index >= 15 is 0 Å².